The molecule has 1 aromatic carbocycles. The van der Waals surface area contributed by atoms with Gasteiger partial charge in [0.2, 0.25) is 5.91 Å². The van der Waals surface area contributed by atoms with Crippen molar-refractivity contribution < 1.29 is 9.59 Å². The summed E-state index contributed by atoms with van der Waals surface area (Å²) in [4.78, 5) is 29.9. The van der Waals surface area contributed by atoms with Crippen molar-refractivity contribution >= 4 is 22.7 Å². The summed E-state index contributed by atoms with van der Waals surface area (Å²) in [5.74, 6) is -0.261. The van der Waals surface area contributed by atoms with Crippen LogP contribution in [0, 0.1) is 0 Å². The van der Waals surface area contributed by atoms with Crippen LogP contribution in [0.1, 0.15) is 10.4 Å². The van der Waals surface area contributed by atoms with Gasteiger partial charge in [-0.3, -0.25) is 9.59 Å². The van der Waals surface area contributed by atoms with E-state index in [1.54, 1.807) is 27.3 Å². The zero-order chi connectivity index (χ0) is 14.0. The lowest BCUT2D eigenvalue weighted by Crippen LogP contribution is -2.37. The quantitative estimate of drug-likeness (QED) is 0.904. The first-order chi connectivity index (χ1) is 9.00. The Hall–Kier alpha value is -2.30. The lowest BCUT2D eigenvalue weighted by atomic mass is 10.1. The number of hydrogen-bond acceptors (Lipinski definition) is 2. The number of carbonyl (C=O) groups is 2. The largest absolute Gasteiger partial charge is 0.360 e. The van der Waals surface area contributed by atoms with Crippen molar-refractivity contribution in [1.82, 2.24) is 14.8 Å². The third-order valence-electron chi connectivity index (χ3n) is 3.04. The normalized spacial score (nSPS) is 10.5. The molecule has 2 aromatic rings. The number of carbonyl (C=O) groups excluding carboxylic acids is 2. The molecule has 19 heavy (non-hydrogen) atoms. The Balaban J connectivity index is 2.22. The summed E-state index contributed by atoms with van der Waals surface area (Å²) in [6.07, 6.45) is 1.68. The van der Waals surface area contributed by atoms with Crippen LogP contribution in [0.5, 0.6) is 0 Å². The molecule has 5 heteroatoms. The van der Waals surface area contributed by atoms with Gasteiger partial charge in [0, 0.05) is 38.2 Å². The highest BCUT2D eigenvalue weighted by atomic mass is 16.2. The zero-order valence-electron chi connectivity index (χ0n) is 11.3. The molecule has 0 spiro atoms. The number of H-pyrrole nitrogens is 1. The SMILES string of the molecule is CN(C)C(=O)CN(C)C(=O)c1c[nH]c2ccccc12. The highest BCUT2D eigenvalue weighted by Crippen LogP contribution is 2.18. The van der Waals surface area contributed by atoms with Crippen LogP contribution in [0.2, 0.25) is 0 Å². The number of nitrogens with zero attached hydrogens (tertiary/aromatic N) is 2. The molecule has 2 amide bonds. The van der Waals surface area contributed by atoms with E-state index in [0.29, 0.717) is 5.56 Å². The van der Waals surface area contributed by atoms with E-state index in [-0.39, 0.29) is 18.4 Å². The molecular weight excluding hydrogens is 242 g/mol. The Morgan fingerprint density at radius 2 is 1.84 bits per heavy atom. The van der Waals surface area contributed by atoms with Crippen LogP contribution >= 0.6 is 0 Å². The Labute approximate surface area is 111 Å². The predicted octanol–water partition coefficient (Wildman–Crippen LogP) is 1.33. The highest BCUT2D eigenvalue weighted by molar-refractivity contribution is 6.07. The topological polar surface area (TPSA) is 56.4 Å². The van der Waals surface area contributed by atoms with Crippen LogP contribution in [0.25, 0.3) is 10.9 Å². The molecule has 2 rings (SSSR count). The second-order valence-electron chi connectivity index (χ2n) is 4.70. The number of para-hydroxylation sites is 1. The van der Waals surface area contributed by atoms with Crippen LogP contribution in [0.15, 0.2) is 30.5 Å². The van der Waals surface area contributed by atoms with Gasteiger partial charge in [-0.15, -0.1) is 0 Å². The van der Waals surface area contributed by atoms with E-state index < -0.39 is 0 Å². The van der Waals surface area contributed by atoms with Gasteiger partial charge >= 0.3 is 0 Å². The van der Waals surface area contributed by atoms with Crippen molar-refractivity contribution in [3.8, 4) is 0 Å². The molecule has 0 atom stereocenters. The molecule has 0 radical (unpaired) electrons. The maximum atomic E-state index is 12.3. The number of aromatic amines is 1. The molecule has 1 heterocycles. The molecule has 1 aromatic heterocycles. The van der Waals surface area contributed by atoms with E-state index in [0.717, 1.165) is 10.9 Å². The number of benzene rings is 1. The van der Waals surface area contributed by atoms with E-state index in [4.69, 9.17) is 0 Å². The van der Waals surface area contributed by atoms with Crippen molar-refractivity contribution in [2.24, 2.45) is 0 Å². The van der Waals surface area contributed by atoms with Crippen LogP contribution in [-0.2, 0) is 4.79 Å². The van der Waals surface area contributed by atoms with Gasteiger partial charge in [-0.1, -0.05) is 18.2 Å². The Kier molecular flexibility index (Phi) is 3.55. The summed E-state index contributed by atoms with van der Waals surface area (Å²) in [7, 11) is 4.98. The van der Waals surface area contributed by atoms with Gasteiger partial charge in [0.25, 0.3) is 5.91 Å². The molecule has 0 aliphatic heterocycles. The standard InChI is InChI=1S/C14H17N3O2/c1-16(2)13(18)9-17(3)14(19)11-8-15-12-7-5-4-6-10(11)12/h4-8,15H,9H2,1-3H3. The van der Waals surface area contributed by atoms with Crippen molar-refractivity contribution in [3.63, 3.8) is 0 Å². The highest BCUT2D eigenvalue weighted by Gasteiger charge is 2.18. The predicted molar refractivity (Wildman–Crippen MR) is 74.0 cm³/mol. The minimum Gasteiger partial charge on any atom is -0.360 e. The molecule has 0 fully saturated rings. The monoisotopic (exact) mass is 259 g/mol. The second-order valence-corrected chi connectivity index (χ2v) is 4.70. The van der Waals surface area contributed by atoms with Crippen molar-refractivity contribution in [2.45, 2.75) is 0 Å². The van der Waals surface area contributed by atoms with Crippen molar-refractivity contribution in [3.05, 3.63) is 36.0 Å². The van der Waals surface area contributed by atoms with E-state index in [9.17, 15) is 9.59 Å². The summed E-state index contributed by atoms with van der Waals surface area (Å²) >= 11 is 0. The number of fused-ring (bicyclic) bond motifs is 1. The van der Waals surface area contributed by atoms with Crippen LogP contribution in [-0.4, -0.2) is 54.3 Å². The van der Waals surface area contributed by atoms with E-state index >= 15 is 0 Å². The summed E-state index contributed by atoms with van der Waals surface area (Å²) in [6.45, 7) is 0.0747. The third-order valence-corrected chi connectivity index (χ3v) is 3.04. The first-order valence-electron chi connectivity index (χ1n) is 6.02. The van der Waals surface area contributed by atoms with Gasteiger partial charge in [-0.2, -0.15) is 0 Å². The smallest absolute Gasteiger partial charge is 0.256 e. The molecule has 0 saturated heterocycles. The Morgan fingerprint density at radius 3 is 2.53 bits per heavy atom. The number of nitrogens with one attached hydrogen (secondary N) is 1. The van der Waals surface area contributed by atoms with E-state index in [1.807, 2.05) is 24.3 Å². The molecular formula is C14H17N3O2. The van der Waals surface area contributed by atoms with E-state index in [2.05, 4.69) is 4.98 Å². The first-order valence-corrected chi connectivity index (χ1v) is 6.02. The van der Waals surface area contributed by atoms with Crippen LogP contribution in [0.3, 0.4) is 0 Å². The number of rotatable bonds is 3. The molecule has 100 valence electrons. The van der Waals surface area contributed by atoms with Crippen molar-refractivity contribution in [1.29, 1.82) is 0 Å². The fourth-order valence-electron chi connectivity index (χ4n) is 1.87. The maximum Gasteiger partial charge on any atom is 0.256 e. The molecule has 0 aliphatic rings. The Bertz CT molecular complexity index is 616. The Morgan fingerprint density at radius 1 is 1.16 bits per heavy atom. The molecule has 5 nitrogen and oxygen atoms in total. The molecule has 0 bridgehead atoms. The summed E-state index contributed by atoms with van der Waals surface area (Å²) in [5, 5.41) is 0.872. The number of hydrogen-bond donors (Lipinski definition) is 1. The average Bonchev–Trinajstić information content (AvgIpc) is 2.81. The molecule has 0 unspecified atom stereocenters. The van der Waals surface area contributed by atoms with Gasteiger partial charge < -0.3 is 14.8 Å². The molecule has 0 aliphatic carbocycles. The average molecular weight is 259 g/mol. The third kappa shape index (κ3) is 2.59. The first kappa shape index (κ1) is 13.1. The second kappa shape index (κ2) is 5.14. The number of amides is 2. The van der Waals surface area contributed by atoms with Gasteiger partial charge in [0.05, 0.1) is 12.1 Å². The van der Waals surface area contributed by atoms with E-state index in [1.165, 1.54) is 9.80 Å². The minimum absolute atomic E-state index is 0.0747. The van der Waals surface area contributed by atoms with Gasteiger partial charge in [-0.25, -0.2) is 0 Å². The fourth-order valence-corrected chi connectivity index (χ4v) is 1.87. The van der Waals surface area contributed by atoms with Crippen molar-refractivity contribution in [2.75, 3.05) is 27.7 Å². The minimum atomic E-state index is -0.160. The summed E-state index contributed by atoms with van der Waals surface area (Å²) < 4.78 is 0. The molecule has 0 saturated carbocycles. The van der Waals surface area contributed by atoms with Gasteiger partial charge in [0.15, 0.2) is 0 Å². The summed E-state index contributed by atoms with van der Waals surface area (Å²) in [6, 6.07) is 7.60. The summed E-state index contributed by atoms with van der Waals surface area (Å²) in [5.41, 5.74) is 1.50. The molecule has 1 N–H and O–H groups in total. The zero-order valence-corrected chi connectivity index (χ0v) is 11.3. The maximum absolute atomic E-state index is 12.3. The lowest BCUT2D eigenvalue weighted by molar-refractivity contribution is -0.129. The number of likely N-dealkylation sites (N-methyl/N-ethyl adjacent to an activating group) is 2. The lowest BCUT2D eigenvalue weighted by Gasteiger charge is -2.18. The van der Waals surface area contributed by atoms with Gasteiger partial charge in [0.1, 0.15) is 0 Å². The van der Waals surface area contributed by atoms with Crippen LogP contribution in [0.4, 0.5) is 0 Å². The van der Waals surface area contributed by atoms with Crippen LogP contribution < -0.4 is 0 Å². The van der Waals surface area contributed by atoms with Gasteiger partial charge in [-0.05, 0) is 6.07 Å². The fraction of sp³-hybridized carbons (Fsp3) is 0.286. The number of aromatic nitrogens is 1.